The van der Waals surface area contributed by atoms with Gasteiger partial charge in [-0.25, -0.2) is 4.79 Å². The van der Waals surface area contributed by atoms with E-state index < -0.39 is 6.16 Å². The molecule has 2 heterocycles. The van der Waals surface area contributed by atoms with E-state index >= 15 is 0 Å². The van der Waals surface area contributed by atoms with Gasteiger partial charge in [-0.2, -0.15) is 4.98 Å². The molecule has 0 spiro atoms. The summed E-state index contributed by atoms with van der Waals surface area (Å²) in [6.07, 6.45) is -0.744. The van der Waals surface area contributed by atoms with Gasteiger partial charge in [-0.15, -0.1) is 0 Å². The quantitative estimate of drug-likeness (QED) is 0.466. The van der Waals surface area contributed by atoms with Crippen molar-refractivity contribution in [3.63, 3.8) is 0 Å². The Morgan fingerprint density at radius 2 is 2.21 bits per heavy atom. The molecule has 0 N–H and O–H groups in total. The Kier molecular flexibility index (Phi) is 1.19. The predicted molar refractivity (Wildman–Crippen MR) is 47.4 cm³/mol. The Morgan fingerprint density at radius 1 is 1.36 bits per heavy atom. The number of aromatic nitrogens is 2. The van der Waals surface area contributed by atoms with Gasteiger partial charge >= 0.3 is 12.2 Å². The van der Waals surface area contributed by atoms with Crippen LogP contribution in [-0.4, -0.2) is 15.7 Å². The molecule has 0 saturated carbocycles. The first-order chi connectivity index (χ1) is 6.75. The second kappa shape index (κ2) is 2.25. The van der Waals surface area contributed by atoms with E-state index in [1.54, 1.807) is 17.7 Å². The van der Waals surface area contributed by atoms with Gasteiger partial charge in [-0.3, -0.25) is 4.57 Å². The third-order valence-electron chi connectivity index (χ3n) is 2.20. The molecule has 1 aliphatic heterocycles. The first kappa shape index (κ1) is 7.37. The monoisotopic (exact) mass is 190 g/mol. The fourth-order valence-electron chi connectivity index (χ4n) is 1.53. The number of carbonyl (C=O) groups excluding carboxylic acids is 1. The van der Waals surface area contributed by atoms with Crippen LogP contribution in [0.25, 0.3) is 11.0 Å². The average Bonchev–Trinajstić information content (AvgIpc) is 2.39. The Bertz CT molecular complexity index is 544. The van der Waals surface area contributed by atoms with Gasteiger partial charge in [-0.1, -0.05) is 6.07 Å². The van der Waals surface area contributed by atoms with Crippen molar-refractivity contribution in [2.75, 3.05) is 0 Å². The Labute approximate surface area is 78.9 Å². The largest absolute Gasteiger partial charge is 0.521 e. The molecule has 14 heavy (non-hydrogen) atoms. The standard InChI is InChI=1S/C9H6N2O3/c1-11-5-3-2-4-6-7(5)10-8(11)14-9(12)13-6/h2-4H,1H3. The number of carbonyl (C=O) groups is 1. The lowest BCUT2D eigenvalue weighted by molar-refractivity contribution is 0.148. The topological polar surface area (TPSA) is 53.4 Å². The van der Waals surface area contributed by atoms with Crippen molar-refractivity contribution < 1.29 is 14.3 Å². The number of ether oxygens (including phenoxy) is 2. The number of aryl methyl sites for hydroxylation is 1. The molecule has 70 valence electrons. The van der Waals surface area contributed by atoms with Crippen LogP contribution in [0.5, 0.6) is 11.8 Å². The van der Waals surface area contributed by atoms with Gasteiger partial charge < -0.3 is 9.47 Å². The molecule has 5 nitrogen and oxygen atoms in total. The molecular weight excluding hydrogens is 184 g/mol. The van der Waals surface area contributed by atoms with Crippen LogP contribution < -0.4 is 9.47 Å². The van der Waals surface area contributed by atoms with Crippen molar-refractivity contribution in [3.05, 3.63) is 18.2 Å². The molecule has 0 atom stereocenters. The molecule has 0 fully saturated rings. The van der Waals surface area contributed by atoms with Crippen molar-refractivity contribution in [2.24, 2.45) is 7.05 Å². The normalized spacial score (nSPS) is 13.9. The van der Waals surface area contributed by atoms with Gasteiger partial charge in [-0.05, 0) is 12.1 Å². The summed E-state index contributed by atoms with van der Waals surface area (Å²) < 4.78 is 11.5. The highest BCUT2D eigenvalue weighted by molar-refractivity contribution is 5.87. The lowest BCUT2D eigenvalue weighted by Crippen LogP contribution is -2.15. The maximum absolute atomic E-state index is 11.1. The average molecular weight is 190 g/mol. The molecule has 2 aromatic rings. The molecule has 3 rings (SSSR count). The number of nitrogens with zero attached hydrogens (tertiary/aromatic N) is 2. The SMILES string of the molecule is Cn1c2nc3c(cccc31)OC(=O)O2. The summed E-state index contributed by atoms with van der Waals surface area (Å²) in [5.74, 6) is 0.437. The first-order valence-electron chi connectivity index (χ1n) is 4.11. The Morgan fingerprint density at radius 3 is 3.07 bits per heavy atom. The molecule has 0 aliphatic carbocycles. The van der Waals surface area contributed by atoms with Gasteiger partial charge in [0.1, 0.15) is 5.52 Å². The minimum absolute atomic E-state index is 0.259. The van der Waals surface area contributed by atoms with Gasteiger partial charge in [0, 0.05) is 7.05 Å². The summed E-state index contributed by atoms with van der Waals surface area (Å²) in [6.45, 7) is 0. The summed E-state index contributed by atoms with van der Waals surface area (Å²) >= 11 is 0. The van der Waals surface area contributed by atoms with Gasteiger partial charge in [0.25, 0.3) is 0 Å². The van der Waals surface area contributed by atoms with E-state index in [0.29, 0.717) is 11.3 Å². The molecule has 1 aliphatic rings. The molecule has 1 aromatic heterocycles. The van der Waals surface area contributed by atoms with Crippen molar-refractivity contribution in [1.82, 2.24) is 9.55 Å². The number of para-hydroxylation sites is 1. The zero-order valence-corrected chi connectivity index (χ0v) is 7.35. The molecule has 2 bridgehead atoms. The van der Waals surface area contributed by atoms with E-state index in [0.717, 1.165) is 5.52 Å². The lowest BCUT2D eigenvalue weighted by atomic mass is 10.3. The second-order valence-electron chi connectivity index (χ2n) is 3.03. The van der Waals surface area contributed by atoms with E-state index in [4.69, 9.17) is 9.47 Å². The van der Waals surface area contributed by atoms with Crippen molar-refractivity contribution >= 4 is 17.2 Å². The highest BCUT2D eigenvalue weighted by Crippen LogP contribution is 2.30. The van der Waals surface area contributed by atoms with Gasteiger partial charge in [0.2, 0.25) is 0 Å². The number of hydrogen-bond donors (Lipinski definition) is 0. The highest BCUT2D eigenvalue weighted by Gasteiger charge is 2.22. The van der Waals surface area contributed by atoms with Crippen LogP contribution in [0.2, 0.25) is 0 Å². The minimum atomic E-state index is -0.744. The third kappa shape index (κ3) is 0.783. The fourth-order valence-corrected chi connectivity index (χ4v) is 1.53. The molecule has 5 heteroatoms. The smallest absolute Gasteiger partial charge is 0.392 e. The Balaban J connectivity index is 2.47. The van der Waals surface area contributed by atoms with Gasteiger partial charge in [0.15, 0.2) is 5.75 Å². The maximum Gasteiger partial charge on any atom is 0.521 e. The van der Waals surface area contributed by atoms with Crippen LogP contribution in [-0.2, 0) is 7.05 Å². The predicted octanol–water partition coefficient (Wildman–Crippen LogP) is 1.46. The van der Waals surface area contributed by atoms with Crippen LogP contribution in [0.4, 0.5) is 4.79 Å². The lowest BCUT2D eigenvalue weighted by Gasteiger charge is -2.06. The third-order valence-corrected chi connectivity index (χ3v) is 2.20. The molecule has 1 aromatic carbocycles. The van der Waals surface area contributed by atoms with Crippen molar-refractivity contribution in [1.29, 1.82) is 0 Å². The molecule has 0 unspecified atom stereocenters. The highest BCUT2D eigenvalue weighted by atomic mass is 16.7. The molecule has 0 radical (unpaired) electrons. The van der Waals surface area contributed by atoms with Crippen LogP contribution in [0.1, 0.15) is 0 Å². The number of rotatable bonds is 0. The van der Waals surface area contributed by atoms with E-state index in [2.05, 4.69) is 4.98 Å². The van der Waals surface area contributed by atoms with E-state index in [9.17, 15) is 4.79 Å². The number of imidazole rings is 1. The summed E-state index contributed by atoms with van der Waals surface area (Å²) in [6, 6.07) is 5.64. The number of benzene rings is 1. The number of fused-ring (bicyclic) bond motifs is 1. The van der Waals surface area contributed by atoms with Gasteiger partial charge in [0.05, 0.1) is 5.52 Å². The first-order valence-corrected chi connectivity index (χ1v) is 4.11. The molecule has 0 amide bonds. The maximum atomic E-state index is 11.1. The molecular formula is C9H6N2O3. The summed E-state index contributed by atoms with van der Waals surface area (Å²) in [4.78, 5) is 15.2. The van der Waals surface area contributed by atoms with Crippen LogP contribution in [0.15, 0.2) is 18.2 Å². The van der Waals surface area contributed by atoms with Crippen molar-refractivity contribution in [3.8, 4) is 11.8 Å². The summed E-state index contributed by atoms with van der Waals surface area (Å²) in [7, 11) is 1.78. The fraction of sp³-hybridized carbons (Fsp3) is 0.111. The van der Waals surface area contributed by atoms with E-state index in [1.165, 1.54) is 0 Å². The van der Waals surface area contributed by atoms with Crippen molar-refractivity contribution in [2.45, 2.75) is 0 Å². The minimum Gasteiger partial charge on any atom is -0.392 e. The van der Waals surface area contributed by atoms with Crippen LogP contribution in [0.3, 0.4) is 0 Å². The van der Waals surface area contributed by atoms with Crippen LogP contribution >= 0.6 is 0 Å². The summed E-state index contributed by atoms with van der Waals surface area (Å²) in [5, 5.41) is 0. The zero-order chi connectivity index (χ0) is 9.71. The Hall–Kier alpha value is -2.04. The van der Waals surface area contributed by atoms with E-state index in [-0.39, 0.29) is 6.01 Å². The second-order valence-corrected chi connectivity index (χ2v) is 3.03. The summed E-state index contributed by atoms with van der Waals surface area (Å²) in [5.41, 5.74) is 1.53. The molecule has 0 saturated heterocycles. The zero-order valence-electron chi connectivity index (χ0n) is 7.35. The number of hydrogen-bond acceptors (Lipinski definition) is 4. The van der Waals surface area contributed by atoms with Crippen LogP contribution in [0, 0.1) is 0 Å². The van der Waals surface area contributed by atoms with E-state index in [1.807, 2.05) is 12.1 Å².